The van der Waals surface area contributed by atoms with Crippen LogP contribution < -0.4 is 5.73 Å². The van der Waals surface area contributed by atoms with Gasteiger partial charge in [-0.3, -0.25) is 0 Å². The van der Waals surface area contributed by atoms with Crippen LogP contribution in [0.4, 0.5) is 5.95 Å². The predicted octanol–water partition coefficient (Wildman–Crippen LogP) is 2.56. The third kappa shape index (κ3) is 2.25. The lowest BCUT2D eigenvalue weighted by Crippen LogP contribution is -2.04. The number of aromatic nitrogens is 5. The summed E-state index contributed by atoms with van der Waals surface area (Å²) in [4.78, 5) is 12.8. The molecule has 0 amide bonds. The molecule has 0 atom stereocenters. The van der Waals surface area contributed by atoms with Gasteiger partial charge in [0.25, 0.3) is 5.78 Å². The van der Waals surface area contributed by atoms with E-state index in [4.69, 9.17) is 5.73 Å². The molecule has 2 N–H and O–H groups in total. The molecule has 0 radical (unpaired) electrons. The van der Waals surface area contributed by atoms with Crippen molar-refractivity contribution in [2.75, 3.05) is 12.0 Å². The number of hydrogen-bond donors (Lipinski definition) is 1. The highest BCUT2D eigenvalue weighted by Gasteiger charge is 2.12. The molecule has 0 spiro atoms. The van der Waals surface area contributed by atoms with E-state index in [1.54, 1.807) is 0 Å². The zero-order chi connectivity index (χ0) is 14.3. The van der Waals surface area contributed by atoms with Crippen molar-refractivity contribution in [2.45, 2.75) is 12.1 Å². The van der Waals surface area contributed by atoms with Gasteiger partial charge in [-0.25, -0.2) is 0 Å². The number of fused-ring (bicyclic) bond motifs is 1. The van der Waals surface area contributed by atoms with Crippen molar-refractivity contribution in [1.82, 2.24) is 24.6 Å². The van der Waals surface area contributed by atoms with E-state index < -0.39 is 0 Å². The second-order valence-electron chi connectivity index (χ2n) is 4.18. The van der Waals surface area contributed by atoms with Crippen LogP contribution in [0, 0.1) is 6.92 Å². The molecule has 0 aliphatic heterocycles. The molecule has 0 saturated heterocycles. The molecule has 2 heterocycles. The quantitative estimate of drug-likeness (QED) is 0.715. The lowest BCUT2D eigenvalue weighted by Gasteiger charge is -1.99. The minimum absolute atomic E-state index is 0.282. The number of hydrogen-bond acceptors (Lipinski definition) is 6. The largest absolute Gasteiger partial charge is 0.368 e. The van der Waals surface area contributed by atoms with Crippen LogP contribution in [0.25, 0.3) is 17.2 Å². The van der Waals surface area contributed by atoms with Crippen molar-refractivity contribution >= 4 is 39.4 Å². The second kappa shape index (κ2) is 5.02. The van der Waals surface area contributed by atoms with Gasteiger partial charge in [-0.2, -0.15) is 19.5 Å². The first-order valence-corrected chi connectivity index (χ1v) is 7.81. The summed E-state index contributed by atoms with van der Waals surface area (Å²) in [6.07, 6.45) is 1.89. The molecule has 0 aliphatic carbocycles. The average Bonchev–Trinajstić information content (AvgIpc) is 2.86. The average molecular weight is 351 g/mol. The molecule has 3 aromatic rings. The first kappa shape index (κ1) is 13.3. The van der Waals surface area contributed by atoms with Gasteiger partial charge in [0, 0.05) is 10.0 Å². The van der Waals surface area contributed by atoms with Gasteiger partial charge in [-0.15, -0.1) is 5.10 Å². The second-order valence-corrected chi connectivity index (χ2v) is 5.81. The normalized spacial score (nSPS) is 11.2. The Morgan fingerprint density at radius 1 is 1.25 bits per heavy atom. The SMILES string of the molecule is CSc1nc(N)n2nc(-c3ccc(C)c(Br)c3)nc2n1. The molecule has 0 bridgehead atoms. The summed E-state index contributed by atoms with van der Waals surface area (Å²) in [6.45, 7) is 2.03. The fraction of sp³-hybridized carbons (Fsp3) is 0.167. The van der Waals surface area contributed by atoms with Crippen LogP contribution in [0.2, 0.25) is 0 Å². The number of thioether (sulfide) groups is 1. The number of anilines is 1. The predicted molar refractivity (Wildman–Crippen MR) is 82.6 cm³/mol. The van der Waals surface area contributed by atoms with Crippen molar-refractivity contribution in [3.8, 4) is 11.4 Å². The molecular weight excluding hydrogens is 340 g/mol. The van der Waals surface area contributed by atoms with Crippen LogP contribution in [-0.4, -0.2) is 30.8 Å². The Labute approximate surface area is 128 Å². The van der Waals surface area contributed by atoms with Crippen molar-refractivity contribution in [3.05, 3.63) is 28.2 Å². The van der Waals surface area contributed by atoms with Crippen molar-refractivity contribution < 1.29 is 0 Å². The van der Waals surface area contributed by atoms with Gasteiger partial charge in [-0.1, -0.05) is 39.8 Å². The number of nitrogens with two attached hydrogens (primary N) is 1. The van der Waals surface area contributed by atoms with E-state index in [-0.39, 0.29) is 5.95 Å². The third-order valence-corrected chi connectivity index (χ3v) is 4.23. The van der Waals surface area contributed by atoms with Crippen LogP contribution in [0.5, 0.6) is 0 Å². The van der Waals surface area contributed by atoms with Crippen LogP contribution in [0.1, 0.15) is 5.56 Å². The van der Waals surface area contributed by atoms with E-state index in [0.717, 1.165) is 15.6 Å². The number of nitrogens with zero attached hydrogens (tertiary/aromatic N) is 5. The van der Waals surface area contributed by atoms with Crippen molar-refractivity contribution in [2.24, 2.45) is 0 Å². The summed E-state index contributed by atoms with van der Waals surface area (Å²) < 4.78 is 2.46. The van der Waals surface area contributed by atoms with Crippen molar-refractivity contribution in [3.63, 3.8) is 0 Å². The highest BCUT2D eigenvalue weighted by molar-refractivity contribution is 9.10. The Morgan fingerprint density at radius 3 is 2.75 bits per heavy atom. The fourth-order valence-electron chi connectivity index (χ4n) is 1.73. The Kier molecular flexibility index (Phi) is 3.35. The molecule has 3 rings (SSSR count). The molecule has 2 aromatic heterocycles. The Balaban J connectivity index is 2.17. The summed E-state index contributed by atoms with van der Waals surface area (Å²) in [7, 11) is 0. The van der Waals surface area contributed by atoms with Gasteiger partial charge < -0.3 is 5.73 Å². The first-order valence-electron chi connectivity index (χ1n) is 5.79. The number of rotatable bonds is 2. The standard InChI is InChI=1S/C12H11BrN6S/c1-6-3-4-7(5-8(6)13)9-15-11-17-12(20-2)16-10(14)19(11)18-9/h3-5H,1-2H3,(H2,14,15,16,17,18). The maximum Gasteiger partial charge on any atom is 0.258 e. The lowest BCUT2D eigenvalue weighted by atomic mass is 10.1. The number of halogens is 1. The molecule has 0 unspecified atom stereocenters. The smallest absolute Gasteiger partial charge is 0.258 e. The third-order valence-electron chi connectivity index (χ3n) is 2.83. The Hall–Kier alpha value is -1.67. The monoisotopic (exact) mass is 350 g/mol. The summed E-state index contributed by atoms with van der Waals surface area (Å²) in [6, 6.07) is 5.95. The van der Waals surface area contributed by atoms with Gasteiger partial charge in [-0.05, 0) is 24.8 Å². The van der Waals surface area contributed by atoms with E-state index in [0.29, 0.717) is 16.8 Å². The van der Waals surface area contributed by atoms with Crippen LogP contribution in [0.3, 0.4) is 0 Å². The molecule has 0 fully saturated rings. The van der Waals surface area contributed by atoms with Gasteiger partial charge in [0.05, 0.1) is 0 Å². The molecular formula is C12H11BrN6S. The van der Waals surface area contributed by atoms with E-state index in [1.807, 2.05) is 31.4 Å². The molecule has 102 valence electrons. The first-order chi connectivity index (χ1) is 9.58. The molecule has 6 nitrogen and oxygen atoms in total. The molecule has 20 heavy (non-hydrogen) atoms. The Bertz CT molecular complexity index is 800. The minimum atomic E-state index is 0.282. The van der Waals surface area contributed by atoms with Gasteiger partial charge >= 0.3 is 0 Å². The van der Waals surface area contributed by atoms with Gasteiger partial charge in [0.2, 0.25) is 5.95 Å². The van der Waals surface area contributed by atoms with Crippen LogP contribution >= 0.6 is 27.7 Å². The maximum absolute atomic E-state index is 5.86. The van der Waals surface area contributed by atoms with Crippen LogP contribution in [0.15, 0.2) is 27.8 Å². The summed E-state index contributed by atoms with van der Waals surface area (Å²) in [5, 5.41) is 4.94. The summed E-state index contributed by atoms with van der Waals surface area (Å²) >= 11 is 4.92. The Morgan fingerprint density at radius 2 is 2.05 bits per heavy atom. The number of aryl methyl sites for hydroxylation is 1. The number of nitrogen functional groups attached to an aromatic ring is 1. The maximum atomic E-state index is 5.86. The van der Waals surface area contributed by atoms with E-state index in [1.165, 1.54) is 16.3 Å². The lowest BCUT2D eigenvalue weighted by molar-refractivity contribution is 0.851. The zero-order valence-electron chi connectivity index (χ0n) is 10.8. The topological polar surface area (TPSA) is 82.0 Å². The fourth-order valence-corrected chi connectivity index (χ4v) is 2.47. The van der Waals surface area contributed by atoms with E-state index >= 15 is 0 Å². The minimum Gasteiger partial charge on any atom is -0.368 e. The molecule has 1 aromatic carbocycles. The molecule has 0 saturated carbocycles. The summed E-state index contributed by atoms with van der Waals surface area (Å²) in [5.41, 5.74) is 7.92. The number of benzene rings is 1. The summed E-state index contributed by atoms with van der Waals surface area (Å²) in [5.74, 6) is 1.31. The highest BCUT2D eigenvalue weighted by Crippen LogP contribution is 2.24. The van der Waals surface area contributed by atoms with E-state index in [9.17, 15) is 0 Å². The van der Waals surface area contributed by atoms with Crippen molar-refractivity contribution in [1.29, 1.82) is 0 Å². The van der Waals surface area contributed by atoms with Crippen LogP contribution in [-0.2, 0) is 0 Å². The molecule has 0 aliphatic rings. The van der Waals surface area contributed by atoms with Gasteiger partial charge in [0.15, 0.2) is 11.0 Å². The highest BCUT2D eigenvalue weighted by atomic mass is 79.9. The van der Waals surface area contributed by atoms with E-state index in [2.05, 4.69) is 36.0 Å². The molecule has 8 heteroatoms. The van der Waals surface area contributed by atoms with Gasteiger partial charge in [0.1, 0.15) is 0 Å². The zero-order valence-corrected chi connectivity index (χ0v) is 13.2.